The maximum absolute atomic E-state index is 12.0. The highest BCUT2D eigenvalue weighted by Gasteiger charge is 2.34. The van der Waals surface area contributed by atoms with Crippen molar-refractivity contribution in [2.75, 3.05) is 13.6 Å². The van der Waals surface area contributed by atoms with E-state index in [1.807, 2.05) is 30.7 Å². The molecule has 1 rings (SSSR count). The smallest absolute Gasteiger partial charge is 0.323 e. The zero-order valence-corrected chi connectivity index (χ0v) is 13.0. The molecule has 1 aromatic heterocycles. The van der Waals surface area contributed by atoms with E-state index in [2.05, 4.69) is 5.32 Å². The highest BCUT2D eigenvalue weighted by Crippen LogP contribution is 2.15. The molecule has 112 valence electrons. The summed E-state index contributed by atoms with van der Waals surface area (Å²) in [5.41, 5.74) is 0.0696. The fourth-order valence-corrected chi connectivity index (χ4v) is 2.66. The van der Waals surface area contributed by atoms with Crippen molar-refractivity contribution < 1.29 is 14.7 Å². The van der Waals surface area contributed by atoms with Crippen molar-refractivity contribution in [2.45, 2.75) is 38.8 Å². The Balaban J connectivity index is 2.55. The van der Waals surface area contributed by atoms with Crippen molar-refractivity contribution in [1.82, 2.24) is 10.2 Å². The minimum Gasteiger partial charge on any atom is -0.480 e. The van der Waals surface area contributed by atoms with Gasteiger partial charge in [0, 0.05) is 13.6 Å². The van der Waals surface area contributed by atoms with Crippen LogP contribution in [0.15, 0.2) is 16.8 Å². The average Bonchev–Trinajstić information content (AvgIpc) is 2.92. The molecule has 1 aromatic rings. The number of carboxylic acid groups (broad SMARTS) is 1. The molecule has 0 bridgehead atoms. The van der Waals surface area contributed by atoms with Gasteiger partial charge in [0.2, 0.25) is 5.91 Å². The maximum atomic E-state index is 12.0. The lowest BCUT2D eigenvalue weighted by Crippen LogP contribution is -2.54. The highest BCUT2D eigenvalue weighted by atomic mass is 32.1. The van der Waals surface area contributed by atoms with Gasteiger partial charge in [-0.25, -0.2) is 0 Å². The summed E-state index contributed by atoms with van der Waals surface area (Å²) in [6.07, 6.45) is 0.890. The lowest BCUT2D eigenvalue weighted by atomic mass is 9.93. The van der Waals surface area contributed by atoms with E-state index in [1.54, 1.807) is 23.3 Å². The molecule has 0 spiro atoms. The number of amides is 1. The standard InChI is InChI=1S/C14H22N2O3S/c1-4-14(5-2,13(18)19)15-8-12(17)16(3)9-11-6-7-20-10-11/h6-7,10,15H,4-5,8-9H2,1-3H3,(H,18,19). The molecule has 1 amide bonds. The second-order valence-electron chi connectivity index (χ2n) is 4.83. The zero-order valence-electron chi connectivity index (χ0n) is 12.2. The van der Waals surface area contributed by atoms with E-state index in [0.717, 1.165) is 5.56 Å². The maximum Gasteiger partial charge on any atom is 0.323 e. The first-order valence-electron chi connectivity index (χ1n) is 6.68. The Morgan fingerprint density at radius 2 is 2.05 bits per heavy atom. The largest absolute Gasteiger partial charge is 0.480 e. The molecule has 6 heteroatoms. The molecule has 0 aliphatic carbocycles. The third kappa shape index (κ3) is 4.05. The van der Waals surface area contributed by atoms with Crippen LogP contribution in [0.3, 0.4) is 0 Å². The molecule has 0 saturated heterocycles. The van der Waals surface area contributed by atoms with E-state index in [9.17, 15) is 14.7 Å². The summed E-state index contributed by atoms with van der Waals surface area (Å²) in [5.74, 6) is -1.01. The summed E-state index contributed by atoms with van der Waals surface area (Å²) in [7, 11) is 1.72. The van der Waals surface area contributed by atoms with Crippen molar-refractivity contribution in [2.24, 2.45) is 0 Å². The number of thiophene rings is 1. The lowest BCUT2D eigenvalue weighted by molar-refractivity contribution is -0.145. The first kappa shape index (κ1) is 16.7. The summed E-state index contributed by atoms with van der Waals surface area (Å²) < 4.78 is 0. The second-order valence-corrected chi connectivity index (χ2v) is 5.61. The van der Waals surface area contributed by atoms with Crippen LogP contribution in [0.4, 0.5) is 0 Å². The number of rotatable bonds is 8. The van der Waals surface area contributed by atoms with E-state index in [-0.39, 0.29) is 12.5 Å². The Morgan fingerprint density at radius 1 is 1.40 bits per heavy atom. The number of likely N-dealkylation sites (N-methyl/N-ethyl adjacent to an activating group) is 1. The normalized spacial score (nSPS) is 11.3. The predicted octanol–water partition coefficient (Wildman–Crippen LogP) is 1.94. The predicted molar refractivity (Wildman–Crippen MR) is 79.7 cm³/mol. The first-order valence-corrected chi connectivity index (χ1v) is 7.63. The van der Waals surface area contributed by atoms with Gasteiger partial charge < -0.3 is 10.0 Å². The van der Waals surface area contributed by atoms with Gasteiger partial charge in [0.1, 0.15) is 5.54 Å². The van der Waals surface area contributed by atoms with Gasteiger partial charge in [0.15, 0.2) is 0 Å². The topological polar surface area (TPSA) is 69.6 Å². The molecule has 0 aromatic carbocycles. The molecule has 0 radical (unpaired) electrons. The van der Waals surface area contributed by atoms with Gasteiger partial charge in [-0.2, -0.15) is 11.3 Å². The monoisotopic (exact) mass is 298 g/mol. The number of nitrogens with one attached hydrogen (secondary N) is 1. The number of carbonyl (C=O) groups is 2. The Hall–Kier alpha value is -1.40. The van der Waals surface area contributed by atoms with E-state index in [1.165, 1.54) is 0 Å². The van der Waals surface area contributed by atoms with Crippen molar-refractivity contribution in [3.8, 4) is 0 Å². The van der Waals surface area contributed by atoms with E-state index >= 15 is 0 Å². The summed E-state index contributed by atoms with van der Waals surface area (Å²) in [5, 5.41) is 16.2. The quantitative estimate of drug-likeness (QED) is 0.769. The molecule has 5 nitrogen and oxygen atoms in total. The molecule has 0 atom stereocenters. The second kappa shape index (κ2) is 7.40. The number of carbonyl (C=O) groups excluding carboxylic acids is 1. The number of hydrogen-bond acceptors (Lipinski definition) is 4. The van der Waals surface area contributed by atoms with Crippen LogP contribution in [-0.2, 0) is 16.1 Å². The van der Waals surface area contributed by atoms with Gasteiger partial charge >= 0.3 is 5.97 Å². The Bertz CT molecular complexity index is 441. The highest BCUT2D eigenvalue weighted by molar-refractivity contribution is 7.07. The summed E-state index contributed by atoms with van der Waals surface area (Å²) in [6, 6.07) is 1.97. The van der Waals surface area contributed by atoms with Crippen LogP contribution in [0, 0.1) is 0 Å². The summed E-state index contributed by atoms with van der Waals surface area (Å²) >= 11 is 1.59. The van der Waals surface area contributed by atoms with Crippen molar-refractivity contribution in [3.05, 3.63) is 22.4 Å². The van der Waals surface area contributed by atoms with Crippen molar-refractivity contribution in [1.29, 1.82) is 0 Å². The van der Waals surface area contributed by atoms with Crippen LogP contribution < -0.4 is 5.32 Å². The Kier molecular flexibility index (Phi) is 6.16. The van der Waals surface area contributed by atoms with Crippen LogP contribution in [0.5, 0.6) is 0 Å². The molecule has 0 aliphatic heterocycles. The van der Waals surface area contributed by atoms with Crippen LogP contribution in [0.1, 0.15) is 32.3 Å². The summed E-state index contributed by atoms with van der Waals surface area (Å²) in [6.45, 7) is 4.20. The molecule has 0 unspecified atom stereocenters. The third-order valence-electron chi connectivity index (χ3n) is 3.62. The number of hydrogen-bond donors (Lipinski definition) is 2. The lowest BCUT2D eigenvalue weighted by Gasteiger charge is -2.29. The van der Waals surface area contributed by atoms with Crippen LogP contribution >= 0.6 is 11.3 Å². The number of aliphatic carboxylic acids is 1. The molecule has 0 fully saturated rings. The SMILES string of the molecule is CCC(CC)(NCC(=O)N(C)Cc1ccsc1)C(=O)O. The van der Waals surface area contributed by atoms with Gasteiger partial charge in [-0.05, 0) is 35.2 Å². The van der Waals surface area contributed by atoms with E-state index < -0.39 is 11.5 Å². The fraction of sp³-hybridized carbons (Fsp3) is 0.571. The molecule has 0 saturated carbocycles. The van der Waals surface area contributed by atoms with Gasteiger partial charge in [-0.1, -0.05) is 13.8 Å². The molecule has 2 N–H and O–H groups in total. The minimum absolute atomic E-state index is 0.0363. The molecular weight excluding hydrogens is 276 g/mol. The molecule has 0 aliphatic rings. The molecule has 1 heterocycles. The van der Waals surface area contributed by atoms with Crippen LogP contribution in [0.2, 0.25) is 0 Å². The Labute approximate surface area is 123 Å². The fourth-order valence-electron chi connectivity index (χ4n) is 2.00. The third-order valence-corrected chi connectivity index (χ3v) is 4.35. The van der Waals surface area contributed by atoms with Crippen LogP contribution in [0.25, 0.3) is 0 Å². The van der Waals surface area contributed by atoms with Crippen LogP contribution in [-0.4, -0.2) is 41.0 Å². The van der Waals surface area contributed by atoms with Crippen molar-refractivity contribution in [3.63, 3.8) is 0 Å². The number of carboxylic acids is 1. The summed E-state index contributed by atoms with van der Waals surface area (Å²) in [4.78, 5) is 25.0. The van der Waals surface area contributed by atoms with Gasteiger partial charge in [-0.3, -0.25) is 14.9 Å². The molecule has 20 heavy (non-hydrogen) atoms. The van der Waals surface area contributed by atoms with E-state index in [0.29, 0.717) is 19.4 Å². The van der Waals surface area contributed by atoms with Gasteiger partial charge in [0.05, 0.1) is 6.54 Å². The van der Waals surface area contributed by atoms with Gasteiger partial charge in [-0.15, -0.1) is 0 Å². The molecular formula is C14H22N2O3S. The Morgan fingerprint density at radius 3 is 2.50 bits per heavy atom. The average molecular weight is 298 g/mol. The number of nitrogens with zero attached hydrogens (tertiary/aromatic N) is 1. The van der Waals surface area contributed by atoms with Gasteiger partial charge in [0.25, 0.3) is 0 Å². The van der Waals surface area contributed by atoms with E-state index in [4.69, 9.17) is 0 Å². The first-order chi connectivity index (χ1) is 9.45. The zero-order chi connectivity index (χ0) is 15.2. The minimum atomic E-state index is -1.01. The van der Waals surface area contributed by atoms with Crippen molar-refractivity contribution >= 4 is 23.2 Å².